The summed E-state index contributed by atoms with van der Waals surface area (Å²) in [4.78, 5) is 0. The van der Waals surface area contributed by atoms with Crippen molar-refractivity contribution in [2.45, 2.75) is 32.1 Å². The van der Waals surface area contributed by atoms with E-state index in [-0.39, 0.29) is 0 Å². The van der Waals surface area contributed by atoms with Crippen LogP contribution in [0, 0.1) is 0 Å². The zero-order valence-corrected chi connectivity index (χ0v) is 13.4. The average Bonchev–Trinajstić information content (AvgIpc) is 2.15. The fraction of sp³-hybridized carbons (Fsp3) is 1.00. The van der Waals surface area contributed by atoms with Gasteiger partial charge >= 0.3 is 0 Å². The molecule has 0 aromatic heterocycles. The SMILES string of the molecule is BrCCCCCCBr.ClCCCBr. The molecular weight excluding hydrogens is 383 g/mol. The molecule has 0 saturated heterocycles. The summed E-state index contributed by atoms with van der Waals surface area (Å²) in [7, 11) is 0. The molecule has 13 heavy (non-hydrogen) atoms. The van der Waals surface area contributed by atoms with Gasteiger partial charge in [-0.3, -0.25) is 0 Å². The molecule has 4 heteroatoms. The smallest absolute Gasteiger partial charge is 0.0231 e. The molecule has 0 aromatic rings. The Labute approximate surface area is 113 Å². The molecule has 0 N–H and O–H groups in total. The van der Waals surface area contributed by atoms with E-state index in [1.165, 1.54) is 25.7 Å². The van der Waals surface area contributed by atoms with E-state index in [0.29, 0.717) is 0 Å². The van der Waals surface area contributed by atoms with Gasteiger partial charge in [0.1, 0.15) is 0 Å². The molecule has 0 spiro atoms. The lowest BCUT2D eigenvalue weighted by Gasteiger charge is -1.92. The van der Waals surface area contributed by atoms with Crippen molar-refractivity contribution in [3.05, 3.63) is 0 Å². The van der Waals surface area contributed by atoms with E-state index in [4.69, 9.17) is 11.6 Å². The molecule has 0 aliphatic rings. The van der Waals surface area contributed by atoms with Crippen LogP contribution in [0.1, 0.15) is 32.1 Å². The zero-order valence-electron chi connectivity index (χ0n) is 7.88. The van der Waals surface area contributed by atoms with E-state index in [1.54, 1.807) is 0 Å². The fourth-order valence-electron chi connectivity index (χ4n) is 0.593. The molecule has 0 aliphatic heterocycles. The summed E-state index contributed by atoms with van der Waals surface area (Å²) in [6, 6.07) is 0. The highest BCUT2D eigenvalue weighted by Crippen LogP contribution is 2.02. The van der Waals surface area contributed by atoms with Crippen molar-refractivity contribution in [3.8, 4) is 0 Å². The minimum Gasteiger partial charge on any atom is -0.127 e. The first-order valence-corrected chi connectivity index (χ1v) is 8.47. The number of hydrogen-bond acceptors (Lipinski definition) is 0. The topological polar surface area (TPSA) is 0 Å². The summed E-state index contributed by atoms with van der Waals surface area (Å²) in [5, 5.41) is 3.35. The van der Waals surface area contributed by atoms with Crippen LogP contribution < -0.4 is 0 Å². The van der Waals surface area contributed by atoms with Crippen molar-refractivity contribution < 1.29 is 0 Å². The van der Waals surface area contributed by atoms with Gasteiger partial charge < -0.3 is 0 Å². The van der Waals surface area contributed by atoms with E-state index in [2.05, 4.69) is 47.8 Å². The molecule has 0 fully saturated rings. The van der Waals surface area contributed by atoms with Crippen molar-refractivity contribution in [3.63, 3.8) is 0 Å². The van der Waals surface area contributed by atoms with Gasteiger partial charge in [-0.2, -0.15) is 0 Å². The van der Waals surface area contributed by atoms with Crippen LogP contribution >= 0.6 is 59.4 Å². The van der Waals surface area contributed by atoms with Crippen molar-refractivity contribution in [1.29, 1.82) is 0 Å². The Hall–Kier alpha value is 1.73. The standard InChI is InChI=1S/C6H12Br2.C3H6BrCl/c7-5-3-1-2-4-6-8;4-2-1-3-5/h1-6H2;1-3H2. The number of unbranched alkanes of at least 4 members (excludes halogenated alkanes) is 3. The third kappa shape index (κ3) is 24.8. The van der Waals surface area contributed by atoms with E-state index in [1.807, 2.05) is 0 Å². The first-order valence-electron chi connectivity index (χ1n) is 4.57. The van der Waals surface area contributed by atoms with Gasteiger partial charge in [-0.1, -0.05) is 60.6 Å². The van der Waals surface area contributed by atoms with Gasteiger partial charge in [-0.05, 0) is 19.3 Å². The summed E-state index contributed by atoms with van der Waals surface area (Å²) in [5.74, 6) is 0.769. The summed E-state index contributed by atoms with van der Waals surface area (Å²) in [6.45, 7) is 0. The lowest BCUT2D eigenvalue weighted by molar-refractivity contribution is 0.715. The van der Waals surface area contributed by atoms with E-state index < -0.39 is 0 Å². The molecule has 0 atom stereocenters. The van der Waals surface area contributed by atoms with Gasteiger partial charge in [0, 0.05) is 21.9 Å². The zero-order chi connectivity index (χ0) is 10.4. The van der Waals surface area contributed by atoms with Crippen molar-refractivity contribution >= 4 is 59.4 Å². The van der Waals surface area contributed by atoms with Crippen LogP contribution in [0.2, 0.25) is 0 Å². The molecule has 0 unspecified atom stereocenters. The summed E-state index contributed by atoms with van der Waals surface area (Å²) < 4.78 is 0. The van der Waals surface area contributed by atoms with Crippen LogP contribution in [0.4, 0.5) is 0 Å². The summed E-state index contributed by atoms with van der Waals surface area (Å²) in [6.07, 6.45) is 6.47. The van der Waals surface area contributed by atoms with Gasteiger partial charge in [0.05, 0.1) is 0 Å². The van der Waals surface area contributed by atoms with Crippen molar-refractivity contribution in [2.24, 2.45) is 0 Å². The van der Waals surface area contributed by atoms with E-state index in [0.717, 1.165) is 28.3 Å². The minimum absolute atomic E-state index is 0.769. The highest BCUT2D eigenvalue weighted by molar-refractivity contribution is 9.09. The maximum atomic E-state index is 5.27. The second-order valence-electron chi connectivity index (χ2n) is 2.52. The molecule has 0 aromatic carbocycles. The molecule has 0 saturated carbocycles. The monoisotopic (exact) mass is 398 g/mol. The minimum atomic E-state index is 0.769. The van der Waals surface area contributed by atoms with E-state index >= 15 is 0 Å². The van der Waals surface area contributed by atoms with Gasteiger partial charge in [0.15, 0.2) is 0 Å². The predicted molar refractivity (Wildman–Crippen MR) is 75.2 cm³/mol. The third-order valence-corrected chi connectivity index (χ3v) is 3.23. The highest BCUT2D eigenvalue weighted by Gasteiger charge is 1.84. The second-order valence-corrected chi connectivity index (χ2v) is 5.28. The first-order chi connectivity index (χ1) is 6.33. The average molecular weight is 401 g/mol. The Balaban J connectivity index is 0. The Morgan fingerprint density at radius 2 is 1.00 bits per heavy atom. The number of alkyl halides is 4. The largest absolute Gasteiger partial charge is 0.127 e. The number of rotatable bonds is 7. The van der Waals surface area contributed by atoms with Gasteiger partial charge in [0.2, 0.25) is 0 Å². The normalized spacial score (nSPS) is 9.23. The lowest BCUT2D eigenvalue weighted by atomic mass is 10.2. The lowest BCUT2D eigenvalue weighted by Crippen LogP contribution is -1.78. The maximum absolute atomic E-state index is 5.27. The van der Waals surface area contributed by atoms with Crippen LogP contribution in [0.15, 0.2) is 0 Å². The quantitative estimate of drug-likeness (QED) is 0.399. The van der Waals surface area contributed by atoms with Crippen LogP contribution in [0.5, 0.6) is 0 Å². The van der Waals surface area contributed by atoms with Gasteiger partial charge in [-0.25, -0.2) is 0 Å². The van der Waals surface area contributed by atoms with Crippen molar-refractivity contribution in [2.75, 3.05) is 21.9 Å². The molecule has 0 rings (SSSR count). The van der Waals surface area contributed by atoms with Crippen LogP contribution in [0.25, 0.3) is 0 Å². The first kappa shape index (κ1) is 17.1. The Kier molecular flexibility index (Phi) is 25.5. The third-order valence-electron chi connectivity index (χ3n) is 1.28. The second kappa shape index (κ2) is 19.3. The summed E-state index contributed by atoms with van der Waals surface area (Å²) >= 11 is 15.3. The Morgan fingerprint density at radius 1 is 0.615 bits per heavy atom. The van der Waals surface area contributed by atoms with Crippen LogP contribution in [0.3, 0.4) is 0 Å². The van der Waals surface area contributed by atoms with Crippen LogP contribution in [-0.2, 0) is 0 Å². The van der Waals surface area contributed by atoms with Gasteiger partial charge in [-0.15, -0.1) is 11.6 Å². The Bertz CT molecular complexity index is 63.9. The number of halogens is 4. The highest BCUT2D eigenvalue weighted by atomic mass is 79.9. The molecular formula is C9H18Br3Cl. The maximum Gasteiger partial charge on any atom is 0.0231 e. The fourth-order valence-corrected chi connectivity index (χ4v) is 2.12. The molecule has 0 amide bonds. The number of hydrogen-bond donors (Lipinski definition) is 0. The molecule has 0 heterocycles. The predicted octanol–water partition coefficient (Wildman–Crippen LogP) is 5.35. The molecule has 82 valence electrons. The molecule has 0 aliphatic carbocycles. The van der Waals surface area contributed by atoms with Crippen LogP contribution in [-0.4, -0.2) is 21.9 Å². The van der Waals surface area contributed by atoms with Crippen molar-refractivity contribution in [1.82, 2.24) is 0 Å². The summed E-state index contributed by atoms with van der Waals surface area (Å²) in [5.41, 5.74) is 0. The van der Waals surface area contributed by atoms with Gasteiger partial charge in [0.25, 0.3) is 0 Å². The molecule has 0 radical (unpaired) electrons. The van der Waals surface area contributed by atoms with E-state index in [9.17, 15) is 0 Å². The molecule has 0 bridgehead atoms. The Morgan fingerprint density at radius 3 is 1.15 bits per heavy atom. The molecule has 0 nitrogen and oxygen atoms in total.